The van der Waals surface area contributed by atoms with Crippen molar-refractivity contribution >= 4 is 5.52 Å². The molecule has 0 amide bonds. The zero-order valence-corrected chi connectivity index (χ0v) is 8.07. The Bertz CT molecular complexity index is 403. The Balaban J connectivity index is 2.60. The van der Waals surface area contributed by atoms with Crippen LogP contribution in [0.2, 0.25) is 0 Å². The first kappa shape index (κ1) is 8.30. The van der Waals surface area contributed by atoms with Crippen molar-refractivity contribution in [3.8, 4) is 0 Å². The predicted octanol–water partition coefficient (Wildman–Crippen LogP) is 2.85. The second-order valence-corrected chi connectivity index (χ2v) is 3.43. The summed E-state index contributed by atoms with van der Waals surface area (Å²) in [6.45, 7) is 4.47. The molecule has 0 N–H and O–H groups in total. The van der Waals surface area contributed by atoms with Gasteiger partial charge < -0.3 is 0 Å². The summed E-state index contributed by atoms with van der Waals surface area (Å²) < 4.78 is 1.93. The van der Waals surface area contributed by atoms with Crippen LogP contribution in [0.3, 0.4) is 0 Å². The van der Waals surface area contributed by atoms with Gasteiger partial charge in [0.2, 0.25) is 0 Å². The molecular weight excluding hydrogens is 160 g/mol. The van der Waals surface area contributed by atoms with E-state index in [1.54, 1.807) is 0 Å². The molecule has 0 radical (unpaired) electrons. The van der Waals surface area contributed by atoms with Crippen LogP contribution in [0.25, 0.3) is 5.52 Å². The molecule has 0 saturated heterocycles. The van der Waals surface area contributed by atoms with E-state index < -0.39 is 0 Å². The van der Waals surface area contributed by atoms with Gasteiger partial charge in [0.25, 0.3) is 0 Å². The van der Waals surface area contributed by atoms with Crippen molar-refractivity contribution in [3.63, 3.8) is 0 Å². The largest absolute Gasteiger partial charge is 0.241 e. The monoisotopic (exact) mass is 174 g/mol. The second kappa shape index (κ2) is 3.21. The van der Waals surface area contributed by atoms with Gasteiger partial charge >= 0.3 is 0 Å². The average molecular weight is 174 g/mol. The maximum Gasteiger partial charge on any atom is 0.0696 e. The molecule has 2 heteroatoms. The zero-order valence-electron chi connectivity index (χ0n) is 8.07. The third-order valence-electron chi connectivity index (χ3n) is 2.61. The zero-order chi connectivity index (χ0) is 9.26. The average Bonchev–Trinajstić information content (AvgIpc) is 2.63. The summed E-state index contributed by atoms with van der Waals surface area (Å²) in [7, 11) is 0. The Morgan fingerprint density at radius 1 is 1.46 bits per heavy atom. The number of fused-ring (bicyclic) bond motifs is 1. The molecule has 0 bridgehead atoms. The minimum Gasteiger partial charge on any atom is -0.241 e. The van der Waals surface area contributed by atoms with Crippen LogP contribution in [0, 0.1) is 0 Å². The van der Waals surface area contributed by atoms with Gasteiger partial charge in [-0.3, -0.25) is 0 Å². The van der Waals surface area contributed by atoms with E-state index in [2.05, 4.69) is 37.1 Å². The molecule has 2 heterocycles. The molecule has 1 unspecified atom stereocenters. The van der Waals surface area contributed by atoms with Gasteiger partial charge in [-0.05, 0) is 30.0 Å². The van der Waals surface area contributed by atoms with Crippen molar-refractivity contribution in [2.45, 2.75) is 26.2 Å². The topological polar surface area (TPSA) is 17.3 Å². The highest BCUT2D eigenvalue weighted by molar-refractivity contribution is 5.54. The number of aromatic nitrogens is 2. The molecule has 0 aliphatic rings. The highest BCUT2D eigenvalue weighted by Gasteiger charge is 2.07. The molecule has 0 aromatic carbocycles. The van der Waals surface area contributed by atoms with Crippen LogP contribution in [-0.4, -0.2) is 9.61 Å². The first-order valence-electron chi connectivity index (χ1n) is 4.75. The van der Waals surface area contributed by atoms with Crippen LogP contribution in [0.5, 0.6) is 0 Å². The van der Waals surface area contributed by atoms with Crippen LogP contribution in [0.15, 0.2) is 30.6 Å². The van der Waals surface area contributed by atoms with Crippen LogP contribution in [-0.2, 0) is 0 Å². The Hall–Kier alpha value is -1.31. The van der Waals surface area contributed by atoms with E-state index in [4.69, 9.17) is 0 Å². The van der Waals surface area contributed by atoms with E-state index in [9.17, 15) is 0 Å². The summed E-state index contributed by atoms with van der Waals surface area (Å²) in [4.78, 5) is 0. The van der Waals surface area contributed by atoms with Gasteiger partial charge in [0.15, 0.2) is 0 Å². The lowest BCUT2D eigenvalue weighted by atomic mass is 9.99. The van der Waals surface area contributed by atoms with Crippen LogP contribution >= 0.6 is 0 Å². The van der Waals surface area contributed by atoms with Crippen molar-refractivity contribution in [2.75, 3.05) is 0 Å². The standard InChI is InChI=1S/C11H14N2/c1-3-9(2)10-5-4-8-13-11(10)6-7-12-13/h4-9H,3H2,1-2H3. The minimum absolute atomic E-state index is 0.611. The van der Waals surface area contributed by atoms with E-state index in [1.165, 1.54) is 17.5 Å². The fourth-order valence-electron chi connectivity index (χ4n) is 1.61. The third-order valence-corrected chi connectivity index (χ3v) is 2.61. The third kappa shape index (κ3) is 1.32. The van der Waals surface area contributed by atoms with Crippen molar-refractivity contribution in [1.29, 1.82) is 0 Å². The molecule has 0 spiro atoms. The Morgan fingerprint density at radius 3 is 3.08 bits per heavy atom. The first-order valence-corrected chi connectivity index (χ1v) is 4.75. The normalized spacial score (nSPS) is 13.4. The molecule has 2 nitrogen and oxygen atoms in total. The lowest BCUT2D eigenvalue weighted by molar-refractivity contribution is 0.733. The van der Waals surface area contributed by atoms with Crippen molar-refractivity contribution < 1.29 is 0 Å². The van der Waals surface area contributed by atoms with Gasteiger partial charge in [-0.2, -0.15) is 5.10 Å². The summed E-state index contributed by atoms with van der Waals surface area (Å²) in [6, 6.07) is 6.31. The molecule has 68 valence electrons. The molecule has 2 aromatic rings. The second-order valence-electron chi connectivity index (χ2n) is 3.43. The molecular formula is C11H14N2. The van der Waals surface area contributed by atoms with Gasteiger partial charge in [0.05, 0.1) is 5.52 Å². The van der Waals surface area contributed by atoms with Gasteiger partial charge in [-0.25, -0.2) is 4.52 Å². The summed E-state index contributed by atoms with van der Waals surface area (Å²) in [5, 5.41) is 4.21. The Labute approximate surface area is 78.2 Å². The number of rotatable bonds is 2. The van der Waals surface area contributed by atoms with Crippen LogP contribution in [0.1, 0.15) is 31.7 Å². The minimum atomic E-state index is 0.611. The molecule has 0 saturated carbocycles. The summed E-state index contributed by atoms with van der Waals surface area (Å²) in [5.41, 5.74) is 2.62. The SMILES string of the molecule is CCC(C)c1cccn2nccc12. The fraction of sp³-hybridized carbons (Fsp3) is 0.364. The molecule has 13 heavy (non-hydrogen) atoms. The molecule has 2 aromatic heterocycles. The summed E-state index contributed by atoms with van der Waals surface area (Å²) in [6.07, 6.45) is 5.01. The highest BCUT2D eigenvalue weighted by Crippen LogP contribution is 2.22. The van der Waals surface area contributed by atoms with Gasteiger partial charge in [0, 0.05) is 12.4 Å². The van der Waals surface area contributed by atoms with Crippen molar-refractivity contribution in [1.82, 2.24) is 9.61 Å². The summed E-state index contributed by atoms with van der Waals surface area (Å²) >= 11 is 0. The van der Waals surface area contributed by atoms with Crippen LogP contribution in [0.4, 0.5) is 0 Å². The van der Waals surface area contributed by atoms with E-state index in [-0.39, 0.29) is 0 Å². The lowest BCUT2D eigenvalue weighted by Crippen LogP contribution is -1.95. The number of nitrogens with zero attached hydrogens (tertiary/aromatic N) is 2. The summed E-state index contributed by atoms with van der Waals surface area (Å²) in [5.74, 6) is 0.611. The van der Waals surface area contributed by atoms with Crippen molar-refractivity contribution in [3.05, 3.63) is 36.2 Å². The smallest absolute Gasteiger partial charge is 0.0696 e. The molecule has 1 atom stereocenters. The van der Waals surface area contributed by atoms with Gasteiger partial charge in [-0.15, -0.1) is 0 Å². The maximum absolute atomic E-state index is 4.21. The van der Waals surface area contributed by atoms with Crippen LogP contribution < -0.4 is 0 Å². The number of hydrogen-bond acceptors (Lipinski definition) is 1. The molecule has 0 aliphatic heterocycles. The Kier molecular flexibility index (Phi) is 2.05. The molecule has 0 fully saturated rings. The van der Waals surface area contributed by atoms with E-state index in [0.29, 0.717) is 5.92 Å². The highest BCUT2D eigenvalue weighted by atomic mass is 15.2. The van der Waals surface area contributed by atoms with E-state index in [0.717, 1.165) is 0 Å². The molecule has 2 rings (SSSR count). The van der Waals surface area contributed by atoms with E-state index >= 15 is 0 Å². The fourth-order valence-corrected chi connectivity index (χ4v) is 1.61. The maximum atomic E-state index is 4.21. The predicted molar refractivity (Wildman–Crippen MR) is 53.9 cm³/mol. The van der Waals surface area contributed by atoms with E-state index in [1.807, 2.05) is 16.9 Å². The molecule has 0 aliphatic carbocycles. The number of hydrogen-bond donors (Lipinski definition) is 0. The van der Waals surface area contributed by atoms with Crippen molar-refractivity contribution in [2.24, 2.45) is 0 Å². The van der Waals surface area contributed by atoms with Gasteiger partial charge in [0.1, 0.15) is 0 Å². The quantitative estimate of drug-likeness (QED) is 0.684. The van der Waals surface area contributed by atoms with Gasteiger partial charge in [-0.1, -0.05) is 19.9 Å². The lowest BCUT2D eigenvalue weighted by Gasteiger charge is -2.09. The Morgan fingerprint density at radius 2 is 2.31 bits per heavy atom. The first-order chi connectivity index (χ1) is 6.33. The number of pyridine rings is 1.